The van der Waals surface area contributed by atoms with Crippen LogP contribution in [0.2, 0.25) is 5.02 Å². The summed E-state index contributed by atoms with van der Waals surface area (Å²) in [6.07, 6.45) is 5.59. The molecule has 0 fully saturated rings. The molecule has 0 aliphatic carbocycles. The number of aliphatic imine (C=N–C) groups is 1. The quantitative estimate of drug-likeness (QED) is 0.276. The van der Waals surface area contributed by atoms with E-state index in [2.05, 4.69) is 34.2 Å². The summed E-state index contributed by atoms with van der Waals surface area (Å²) in [4.78, 5) is 10.4. The smallest absolute Gasteiger partial charge is 0.199 e. The first-order valence-electron chi connectivity index (χ1n) is 10.8. The highest BCUT2D eigenvalue weighted by Crippen LogP contribution is 2.33. The predicted molar refractivity (Wildman–Crippen MR) is 132 cm³/mol. The average molecular weight is 442 g/mol. The molecule has 0 bridgehead atoms. The molecular formula is C27H24ClN3O. The molecule has 1 aliphatic heterocycles. The van der Waals surface area contributed by atoms with Crippen LogP contribution < -0.4 is 0 Å². The lowest BCUT2D eigenvalue weighted by Gasteiger charge is -2.22. The van der Waals surface area contributed by atoms with Gasteiger partial charge in [0.15, 0.2) is 5.88 Å². The molecule has 5 rings (SSSR count). The molecule has 160 valence electrons. The van der Waals surface area contributed by atoms with Gasteiger partial charge in [-0.2, -0.15) is 0 Å². The van der Waals surface area contributed by atoms with Gasteiger partial charge in [0.1, 0.15) is 0 Å². The number of nitrogens with one attached hydrogen (secondary N) is 1. The van der Waals surface area contributed by atoms with E-state index in [4.69, 9.17) is 16.6 Å². The Balaban J connectivity index is 1.54. The van der Waals surface area contributed by atoms with Gasteiger partial charge in [-0.1, -0.05) is 72.3 Å². The number of hydrogen-bond acceptors (Lipinski definition) is 3. The van der Waals surface area contributed by atoms with Gasteiger partial charge in [0, 0.05) is 35.6 Å². The first-order chi connectivity index (χ1) is 15.7. The third-order valence-electron chi connectivity index (χ3n) is 5.75. The van der Waals surface area contributed by atoms with E-state index in [1.165, 1.54) is 5.56 Å². The summed E-state index contributed by atoms with van der Waals surface area (Å²) in [5.74, 6) is 0.0830. The summed E-state index contributed by atoms with van der Waals surface area (Å²) in [7, 11) is 0. The Kier molecular flexibility index (Phi) is 5.80. The summed E-state index contributed by atoms with van der Waals surface area (Å²) in [6, 6.07) is 23.8. The lowest BCUT2D eigenvalue weighted by molar-refractivity contribution is 0.291. The van der Waals surface area contributed by atoms with Crippen molar-refractivity contribution in [3.05, 3.63) is 107 Å². The van der Waals surface area contributed by atoms with Gasteiger partial charge in [-0.05, 0) is 36.2 Å². The molecule has 32 heavy (non-hydrogen) atoms. The number of aromatic hydroxyl groups is 1. The Morgan fingerprint density at radius 2 is 1.81 bits per heavy atom. The lowest BCUT2D eigenvalue weighted by Crippen LogP contribution is -2.26. The molecular weight excluding hydrogens is 418 g/mol. The lowest BCUT2D eigenvalue weighted by atomic mass is 10.0. The van der Waals surface area contributed by atoms with Crippen LogP contribution in [0.5, 0.6) is 5.88 Å². The SMILES string of the molecule is Oc1[nH]c2cc(Cl)ccc2c1C(=Nc1ccc(CN2CC=CCC2)cc1)c1ccccc1. The van der Waals surface area contributed by atoms with E-state index in [9.17, 15) is 5.11 Å². The van der Waals surface area contributed by atoms with Crippen molar-refractivity contribution in [3.63, 3.8) is 0 Å². The van der Waals surface area contributed by atoms with Gasteiger partial charge < -0.3 is 10.1 Å². The standard InChI is InChI=1S/C27H24ClN3O/c28-21-11-14-23-24(17-21)30-27(32)25(23)26(20-7-3-1-4-8-20)29-22-12-9-19(10-13-22)18-31-15-5-2-6-16-31/h1-5,7-14,17,30,32H,6,15-16,18H2. The number of halogens is 1. The first kappa shape index (κ1) is 20.6. The molecule has 2 N–H and O–H groups in total. The zero-order valence-corrected chi connectivity index (χ0v) is 18.4. The Bertz CT molecular complexity index is 1290. The van der Waals surface area contributed by atoms with Crippen LogP contribution in [0.1, 0.15) is 23.1 Å². The molecule has 0 unspecified atom stereocenters. The molecule has 1 aromatic heterocycles. The molecule has 4 aromatic rings. The van der Waals surface area contributed by atoms with Crippen LogP contribution >= 0.6 is 11.6 Å². The number of aromatic nitrogens is 1. The molecule has 5 heteroatoms. The highest BCUT2D eigenvalue weighted by molar-refractivity contribution is 6.31. The van der Waals surface area contributed by atoms with Gasteiger partial charge in [-0.3, -0.25) is 4.90 Å². The van der Waals surface area contributed by atoms with E-state index in [0.29, 0.717) is 16.3 Å². The van der Waals surface area contributed by atoms with E-state index < -0.39 is 0 Å². The average Bonchev–Trinajstić information content (AvgIpc) is 3.14. The fourth-order valence-corrected chi connectivity index (χ4v) is 4.32. The summed E-state index contributed by atoms with van der Waals surface area (Å²) < 4.78 is 0. The van der Waals surface area contributed by atoms with Crippen molar-refractivity contribution in [1.82, 2.24) is 9.88 Å². The monoisotopic (exact) mass is 441 g/mol. The predicted octanol–water partition coefficient (Wildman–Crippen LogP) is 6.46. The molecule has 1 aliphatic rings. The van der Waals surface area contributed by atoms with Crippen LogP contribution in [-0.4, -0.2) is 33.8 Å². The maximum Gasteiger partial charge on any atom is 0.199 e. The van der Waals surface area contributed by atoms with Gasteiger partial charge in [0.2, 0.25) is 0 Å². The van der Waals surface area contributed by atoms with Crippen molar-refractivity contribution in [2.45, 2.75) is 13.0 Å². The first-order valence-corrected chi connectivity index (χ1v) is 11.2. The Morgan fingerprint density at radius 3 is 2.56 bits per heavy atom. The van der Waals surface area contributed by atoms with Gasteiger partial charge in [0.25, 0.3) is 0 Å². The van der Waals surface area contributed by atoms with Crippen molar-refractivity contribution in [1.29, 1.82) is 0 Å². The van der Waals surface area contributed by atoms with Gasteiger partial charge in [-0.25, -0.2) is 4.99 Å². The Hall–Kier alpha value is -3.34. The van der Waals surface area contributed by atoms with Crippen molar-refractivity contribution >= 4 is 33.9 Å². The number of hydrogen-bond donors (Lipinski definition) is 2. The molecule has 0 saturated heterocycles. The summed E-state index contributed by atoms with van der Waals surface area (Å²) >= 11 is 6.15. The number of nitrogens with zero attached hydrogens (tertiary/aromatic N) is 2. The molecule has 3 aromatic carbocycles. The van der Waals surface area contributed by atoms with Crippen LogP contribution in [0.25, 0.3) is 10.9 Å². The minimum Gasteiger partial charge on any atom is -0.494 e. The zero-order chi connectivity index (χ0) is 21.9. The van der Waals surface area contributed by atoms with Crippen LogP contribution in [0.3, 0.4) is 0 Å². The fourth-order valence-electron chi connectivity index (χ4n) is 4.15. The Labute approximate surface area is 192 Å². The normalized spacial score (nSPS) is 14.8. The minimum atomic E-state index is 0.0830. The number of benzene rings is 3. The molecule has 0 radical (unpaired) electrons. The second-order valence-electron chi connectivity index (χ2n) is 8.03. The number of fused-ring (bicyclic) bond motifs is 1. The van der Waals surface area contributed by atoms with Gasteiger partial charge in [-0.15, -0.1) is 0 Å². The van der Waals surface area contributed by atoms with Gasteiger partial charge in [0.05, 0.1) is 22.5 Å². The van der Waals surface area contributed by atoms with E-state index >= 15 is 0 Å². The largest absolute Gasteiger partial charge is 0.494 e. The van der Waals surface area contributed by atoms with Crippen LogP contribution in [0.4, 0.5) is 5.69 Å². The minimum absolute atomic E-state index is 0.0830. The molecule has 0 saturated carbocycles. The molecule has 0 amide bonds. The summed E-state index contributed by atoms with van der Waals surface area (Å²) in [5, 5.41) is 12.3. The van der Waals surface area contributed by atoms with Crippen LogP contribution in [0, 0.1) is 0 Å². The zero-order valence-electron chi connectivity index (χ0n) is 17.6. The van der Waals surface area contributed by atoms with Crippen molar-refractivity contribution in [2.24, 2.45) is 4.99 Å². The fraction of sp³-hybridized carbons (Fsp3) is 0.148. The third-order valence-corrected chi connectivity index (χ3v) is 5.99. The van der Waals surface area contributed by atoms with E-state index in [0.717, 1.165) is 48.2 Å². The maximum atomic E-state index is 10.8. The van der Waals surface area contributed by atoms with Gasteiger partial charge >= 0.3 is 0 Å². The number of H-pyrrole nitrogens is 1. The Morgan fingerprint density at radius 1 is 1.00 bits per heavy atom. The number of aromatic amines is 1. The molecule has 2 heterocycles. The van der Waals surface area contributed by atoms with Crippen molar-refractivity contribution < 1.29 is 5.11 Å². The molecule has 4 nitrogen and oxygen atoms in total. The second kappa shape index (κ2) is 9.03. The van der Waals surface area contributed by atoms with Crippen LogP contribution in [-0.2, 0) is 6.54 Å². The van der Waals surface area contributed by atoms with Crippen LogP contribution in [0.15, 0.2) is 89.9 Å². The highest BCUT2D eigenvalue weighted by Gasteiger charge is 2.18. The number of rotatable bonds is 5. The van der Waals surface area contributed by atoms with Crippen molar-refractivity contribution in [2.75, 3.05) is 13.1 Å². The summed E-state index contributed by atoms with van der Waals surface area (Å²) in [5.41, 5.74) is 5.21. The van der Waals surface area contributed by atoms with E-state index in [-0.39, 0.29) is 5.88 Å². The summed E-state index contributed by atoms with van der Waals surface area (Å²) in [6.45, 7) is 3.03. The van der Waals surface area contributed by atoms with Crippen molar-refractivity contribution in [3.8, 4) is 5.88 Å². The third kappa shape index (κ3) is 4.33. The molecule has 0 atom stereocenters. The molecule has 0 spiro atoms. The highest BCUT2D eigenvalue weighted by atomic mass is 35.5. The maximum absolute atomic E-state index is 10.8. The van der Waals surface area contributed by atoms with E-state index in [1.807, 2.05) is 60.7 Å². The topological polar surface area (TPSA) is 51.6 Å². The van der Waals surface area contributed by atoms with E-state index in [1.54, 1.807) is 0 Å². The second-order valence-corrected chi connectivity index (χ2v) is 8.46.